The molecule has 1 N–H and O–H groups in total. The first-order valence-corrected chi connectivity index (χ1v) is 4.64. The highest BCUT2D eigenvalue weighted by atomic mass is 16.5. The van der Waals surface area contributed by atoms with Crippen molar-refractivity contribution in [2.75, 3.05) is 6.61 Å². The number of ether oxygens (including phenoxy) is 1. The molecule has 0 aliphatic rings. The van der Waals surface area contributed by atoms with Gasteiger partial charge in [-0.25, -0.2) is 0 Å². The lowest BCUT2D eigenvalue weighted by Gasteiger charge is -2.13. The van der Waals surface area contributed by atoms with Crippen molar-refractivity contribution in [1.82, 2.24) is 0 Å². The van der Waals surface area contributed by atoms with Crippen molar-refractivity contribution < 1.29 is 9.84 Å². The molecule has 0 radical (unpaired) electrons. The van der Waals surface area contributed by atoms with E-state index in [9.17, 15) is 0 Å². The van der Waals surface area contributed by atoms with Crippen LogP contribution in [0.4, 0.5) is 0 Å². The summed E-state index contributed by atoms with van der Waals surface area (Å²) in [5.74, 6) is 0.279. The van der Waals surface area contributed by atoms with Gasteiger partial charge in [-0.3, -0.25) is 0 Å². The lowest BCUT2D eigenvalue weighted by atomic mass is 10.1. The molecule has 1 atom stereocenters. The topological polar surface area (TPSA) is 29.5 Å². The molecule has 1 rings (SSSR count). The molecule has 0 aromatic heterocycles. The molecule has 0 aliphatic carbocycles. The maximum Gasteiger partial charge on any atom is 0.115 e. The predicted molar refractivity (Wildman–Crippen MR) is 57.3 cm³/mol. The molecular weight excluding hydrogens is 176 g/mol. The molecule has 0 aliphatic heterocycles. The Kier molecular flexibility index (Phi) is 3.72. The Morgan fingerprint density at radius 3 is 2.50 bits per heavy atom. The Morgan fingerprint density at radius 2 is 2.00 bits per heavy atom. The van der Waals surface area contributed by atoms with Crippen molar-refractivity contribution in [2.24, 2.45) is 0 Å². The molecule has 0 saturated heterocycles. The molecular formula is C12H16O2. The number of phenolic OH excluding ortho intramolecular Hbond substituents is 1. The van der Waals surface area contributed by atoms with Gasteiger partial charge in [0.1, 0.15) is 5.75 Å². The first-order valence-electron chi connectivity index (χ1n) is 4.64. The minimum Gasteiger partial charge on any atom is -0.508 e. The molecule has 1 aromatic rings. The number of hydrogen-bond donors (Lipinski definition) is 1. The second-order valence-electron chi connectivity index (χ2n) is 3.50. The van der Waals surface area contributed by atoms with Gasteiger partial charge in [-0.05, 0) is 31.5 Å². The van der Waals surface area contributed by atoms with E-state index in [-0.39, 0.29) is 11.9 Å². The molecule has 14 heavy (non-hydrogen) atoms. The number of aromatic hydroxyl groups is 1. The summed E-state index contributed by atoms with van der Waals surface area (Å²) in [5, 5.41) is 9.10. The van der Waals surface area contributed by atoms with Crippen molar-refractivity contribution in [3.8, 4) is 5.75 Å². The largest absolute Gasteiger partial charge is 0.508 e. The molecule has 2 heteroatoms. The lowest BCUT2D eigenvalue weighted by Crippen LogP contribution is -2.01. The van der Waals surface area contributed by atoms with E-state index in [0.717, 1.165) is 11.1 Å². The number of rotatable bonds is 4. The summed E-state index contributed by atoms with van der Waals surface area (Å²) in [4.78, 5) is 0. The monoisotopic (exact) mass is 192 g/mol. The number of benzene rings is 1. The van der Waals surface area contributed by atoms with E-state index in [1.165, 1.54) is 0 Å². The first-order chi connectivity index (χ1) is 6.59. The summed E-state index contributed by atoms with van der Waals surface area (Å²) in [5.41, 5.74) is 2.07. The molecule has 1 unspecified atom stereocenters. The zero-order chi connectivity index (χ0) is 10.6. The van der Waals surface area contributed by atoms with Gasteiger partial charge in [0, 0.05) is 0 Å². The van der Waals surface area contributed by atoms with Crippen molar-refractivity contribution in [1.29, 1.82) is 0 Å². The number of phenols is 1. The van der Waals surface area contributed by atoms with Gasteiger partial charge in [-0.1, -0.05) is 24.3 Å². The molecule has 76 valence electrons. The molecule has 0 saturated carbocycles. The minimum atomic E-state index is 0.0345. The van der Waals surface area contributed by atoms with E-state index in [2.05, 4.69) is 6.58 Å². The second-order valence-corrected chi connectivity index (χ2v) is 3.50. The van der Waals surface area contributed by atoms with Gasteiger partial charge in [0.2, 0.25) is 0 Å². The fourth-order valence-corrected chi connectivity index (χ4v) is 1.11. The Morgan fingerprint density at radius 1 is 1.43 bits per heavy atom. The van der Waals surface area contributed by atoms with E-state index in [0.29, 0.717) is 6.61 Å². The van der Waals surface area contributed by atoms with Crippen molar-refractivity contribution >= 4 is 0 Å². The third kappa shape index (κ3) is 3.23. The van der Waals surface area contributed by atoms with Crippen molar-refractivity contribution in [3.63, 3.8) is 0 Å². The molecule has 0 amide bonds. The Bertz CT molecular complexity index is 301. The van der Waals surface area contributed by atoms with Gasteiger partial charge >= 0.3 is 0 Å². The van der Waals surface area contributed by atoms with Crippen LogP contribution in [0.1, 0.15) is 25.5 Å². The number of hydrogen-bond acceptors (Lipinski definition) is 2. The average Bonchev–Trinajstić information content (AvgIpc) is 2.15. The van der Waals surface area contributed by atoms with Gasteiger partial charge in [-0.2, -0.15) is 0 Å². The van der Waals surface area contributed by atoms with Crippen LogP contribution in [0.5, 0.6) is 5.75 Å². The average molecular weight is 192 g/mol. The zero-order valence-corrected chi connectivity index (χ0v) is 8.66. The molecule has 0 fully saturated rings. The maximum atomic E-state index is 9.10. The SMILES string of the molecule is C=C(C)COC(C)c1ccc(O)cc1. The van der Waals surface area contributed by atoms with Crippen LogP contribution in [0.25, 0.3) is 0 Å². The van der Waals surface area contributed by atoms with Crippen LogP contribution in [0.3, 0.4) is 0 Å². The van der Waals surface area contributed by atoms with Crippen LogP contribution >= 0.6 is 0 Å². The van der Waals surface area contributed by atoms with Crippen molar-refractivity contribution in [2.45, 2.75) is 20.0 Å². The van der Waals surface area contributed by atoms with Crippen LogP contribution in [0, 0.1) is 0 Å². The van der Waals surface area contributed by atoms with Crippen LogP contribution in [-0.4, -0.2) is 11.7 Å². The molecule has 2 nitrogen and oxygen atoms in total. The summed E-state index contributed by atoms with van der Waals surface area (Å²) in [6, 6.07) is 7.04. The third-order valence-electron chi connectivity index (χ3n) is 1.94. The van der Waals surface area contributed by atoms with Gasteiger partial charge < -0.3 is 9.84 Å². The molecule has 0 spiro atoms. The Hall–Kier alpha value is -1.28. The van der Waals surface area contributed by atoms with Gasteiger partial charge in [-0.15, -0.1) is 0 Å². The summed E-state index contributed by atoms with van der Waals surface area (Å²) < 4.78 is 5.55. The second kappa shape index (κ2) is 4.82. The quantitative estimate of drug-likeness (QED) is 0.743. The maximum absolute atomic E-state index is 9.10. The van der Waals surface area contributed by atoms with Crippen molar-refractivity contribution in [3.05, 3.63) is 42.0 Å². The van der Waals surface area contributed by atoms with Gasteiger partial charge in [0.15, 0.2) is 0 Å². The summed E-state index contributed by atoms with van der Waals surface area (Å²) in [6.07, 6.45) is 0.0345. The van der Waals surface area contributed by atoms with Crippen LogP contribution in [0.15, 0.2) is 36.4 Å². The Balaban J connectivity index is 2.56. The summed E-state index contributed by atoms with van der Waals surface area (Å²) >= 11 is 0. The zero-order valence-electron chi connectivity index (χ0n) is 8.66. The standard InChI is InChI=1S/C12H16O2/c1-9(2)8-14-10(3)11-4-6-12(13)7-5-11/h4-7,10,13H,1,8H2,2-3H3. The van der Waals surface area contributed by atoms with E-state index >= 15 is 0 Å². The van der Waals surface area contributed by atoms with E-state index < -0.39 is 0 Å². The fraction of sp³-hybridized carbons (Fsp3) is 0.333. The summed E-state index contributed by atoms with van der Waals surface area (Å²) in [6.45, 7) is 8.26. The first kappa shape index (κ1) is 10.8. The van der Waals surface area contributed by atoms with Gasteiger partial charge in [0.25, 0.3) is 0 Å². The van der Waals surface area contributed by atoms with Crippen LogP contribution in [-0.2, 0) is 4.74 Å². The predicted octanol–water partition coefficient (Wildman–Crippen LogP) is 3.05. The molecule has 1 aromatic carbocycles. The van der Waals surface area contributed by atoms with Gasteiger partial charge in [0.05, 0.1) is 12.7 Å². The molecule has 0 heterocycles. The lowest BCUT2D eigenvalue weighted by molar-refractivity contribution is 0.0838. The summed E-state index contributed by atoms with van der Waals surface area (Å²) in [7, 11) is 0. The third-order valence-corrected chi connectivity index (χ3v) is 1.94. The van der Waals surface area contributed by atoms with Crippen LogP contribution < -0.4 is 0 Å². The van der Waals surface area contributed by atoms with Crippen LogP contribution in [0.2, 0.25) is 0 Å². The highest BCUT2D eigenvalue weighted by molar-refractivity contribution is 5.27. The van der Waals surface area contributed by atoms with E-state index in [1.807, 2.05) is 26.0 Å². The fourth-order valence-electron chi connectivity index (χ4n) is 1.11. The highest BCUT2D eigenvalue weighted by Gasteiger charge is 2.04. The van der Waals surface area contributed by atoms with E-state index in [4.69, 9.17) is 9.84 Å². The normalized spacial score (nSPS) is 12.4. The Labute approximate surface area is 84.8 Å². The minimum absolute atomic E-state index is 0.0345. The van der Waals surface area contributed by atoms with E-state index in [1.54, 1.807) is 12.1 Å². The smallest absolute Gasteiger partial charge is 0.115 e. The highest BCUT2D eigenvalue weighted by Crippen LogP contribution is 2.19. The molecule has 0 bridgehead atoms.